The predicted octanol–water partition coefficient (Wildman–Crippen LogP) is 10.3. The van der Waals surface area contributed by atoms with Crippen molar-refractivity contribution in [2.75, 3.05) is 0 Å². The van der Waals surface area contributed by atoms with Crippen molar-refractivity contribution in [2.45, 2.75) is 172 Å². The highest BCUT2D eigenvalue weighted by molar-refractivity contribution is 4.96. The van der Waals surface area contributed by atoms with Crippen LogP contribution in [-0.4, -0.2) is 22.4 Å². The van der Waals surface area contributed by atoms with Crippen LogP contribution >= 0.6 is 0 Å². The molecule has 2 aliphatic rings. The van der Waals surface area contributed by atoms with Crippen LogP contribution in [0.2, 0.25) is 0 Å². The lowest BCUT2D eigenvalue weighted by atomic mass is 9.58. The van der Waals surface area contributed by atoms with Crippen molar-refractivity contribution in [3.63, 3.8) is 0 Å². The van der Waals surface area contributed by atoms with Gasteiger partial charge in [-0.2, -0.15) is 0 Å². The predicted molar refractivity (Wildman–Crippen MR) is 166 cm³/mol. The van der Waals surface area contributed by atoms with E-state index >= 15 is 0 Å². The van der Waals surface area contributed by atoms with Crippen LogP contribution in [0.25, 0.3) is 0 Å². The average Bonchev–Trinajstić information content (AvgIpc) is 2.74. The summed E-state index contributed by atoms with van der Waals surface area (Å²) in [6, 6.07) is 0. The maximum atomic E-state index is 11.2. The smallest absolute Gasteiger partial charge is 0.0606 e. The first-order valence-electron chi connectivity index (χ1n) is 16.6. The Morgan fingerprint density at radius 1 is 0.395 bits per heavy atom. The zero-order valence-corrected chi connectivity index (χ0v) is 28.0. The van der Waals surface area contributed by atoms with Gasteiger partial charge in [0.1, 0.15) is 0 Å². The molecule has 0 aliphatic heterocycles. The molecule has 4 atom stereocenters. The van der Waals surface area contributed by atoms with Crippen molar-refractivity contribution < 1.29 is 10.2 Å². The minimum atomic E-state index is -0.156. The monoisotopic (exact) mass is 535 g/mol. The quantitative estimate of drug-likeness (QED) is 0.289. The second kappa shape index (κ2) is 13.3. The summed E-state index contributed by atoms with van der Waals surface area (Å²) in [7, 11) is 0. The molecule has 2 saturated carbocycles. The molecule has 0 amide bonds. The van der Waals surface area contributed by atoms with Gasteiger partial charge in [-0.3, -0.25) is 0 Å². The highest BCUT2D eigenvalue weighted by atomic mass is 16.3. The van der Waals surface area contributed by atoms with Crippen LogP contribution < -0.4 is 0 Å². The number of hydrogen-bond donors (Lipinski definition) is 2. The van der Waals surface area contributed by atoms with E-state index in [0.29, 0.717) is 23.7 Å². The minimum absolute atomic E-state index is 0.156. The van der Waals surface area contributed by atoms with E-state index in [-0.39, 0.29) is 33.9 Å². The van der Waals surface area contributed by atoms with E-state index in [2.05, 4.69) is 83.1 Å². The number of unbranched alkanes of at least 4 members (excludes halogenated alkanes) is 5. The van der Waals surface area contributed by atoms with E-state index in [9.17, 15) is 10.2 Å². The Labute approximate surface area is 239 Å². The van der Waals surface area contributed by atoms with Gasteiger partial charge in [0.2, 0.25) is 0 Å². The second-order valence-electron chi connectivity index (χ2n) is 18.2. The molecule has 0 saturated heterocycles. The molecule has 0 aromatic heterocycles. The van der Waals surface area contributed by atoms with Gasteiger partial charge in [0.05, 0.1) is 12.2 Å². The van der Waals surface area contributed by atoms with Gasteiger partial charge in [-0.1, -0.05) is 134 Å². The van der Waals surface area contributed by atoms with Crippen LogP contribution in [0.15, 0.2) is 0 Å². The van der Waals surface area contributed by atoms with Crippen LogP contribution in [0.4, 0.5) is 0 Å². The third kappa shape index (κ3) is 9.78. The zero-order chi connectivity index (χ0) is 29.1. The molecule has 2 heteroatoms. The molecule has 2 nitrogen and oxygen atoms in total. The average molecular weight is 535 g/mol. The molecule has 0 spiro atoms. The summed E-state index contributed by atoms with van der Waals surface area (Å²) in [6.45, 7) is 27.9. The van der Waals surface area contributed by atoms with Gasteiger partial charge in [-0.25, -0.2) is 0 Å². The Morgan fingerprint density at radius 3 is 0.816 bits per heavy atom. The van der Waals surface area contributed by atoms with Crippen molar-refractivity contribution in [2.24, 2.45) is 57.2 Å². The van der Waals surface area contributed by atoms with E-state index < -0.39 is 0 Å². The van der Waals surface area contributed by atoms with Crippen molar-refractivity contribution in [1.82, 2.24) is 0 Å². The standard InChI is InChI=1S/C36H70O2/c1-33(2,3)27-21-25(22-28(31(27)37)34(4,5)6)19-17-15-13-14-16-18-20-26-23-29(35(7,8)9)32(38)30(24-26)36(10,11)12/h25-32,37-38H,13-24H2,1-12H3. The van der Waals surface area contributed by atoms with Crippen molar-refractivity contribution in [3.8, 4) is 0 Å². The topological polar surface area (TPSA) is 40.5 Å². The molecule has 38 heavy (non-hydrogen) atoms. The first-order valence-corrected chi connectivity index (χ1v) is 16.6. The van der Waals surface area contributed by atoms with Crippen LogP contribution in [0, 0.1) is 57.2 Å². The molecule has 4 unspecified atom stereocenters. The summed E-state index contributed by atoms with van der Waals surface area (Å²) < 4.78 is 0. The number of rotatable bonds is 9. The summed E-state index contributed by atoms with van der Waals surface area (Å²) in [6.07, 6.45) is 15.4. The molecule has 0 heterocycles. The normalized spacial score (nSPS) is 33.9. The largest absolute Gasteiger partial charge is 0.393 e. The number of aliphatic hydroxyl groups is 2. The Kier molecular flexibility index (Phi) is 11.9. The van der Waals surface area contributed by atoms with Crippen molar-refractivity contribution >= 4 is 0 Å². The molecule has 0 aromatic rings. The summed E-state index contributed by atoms with van der Waals surface area (Å²) >= 11 is 0. The lowest BCUT2D eigenvalue weighted by Crippen LogP contribution is -2.47. The van der Waals surface area contributed by atoms with E-state index in [4.69, 9.17) is 0 Å². The van der Waals surface area contributed by atoms with Gasteiger partial charge < -0.3 is 10.2 Å². The van der Waals surface area contributed by atoms with Crippen molar-refractivity contribution in [3.05, 3.63) is 0 Å². The Morgan fingerprint density at radius 2 is 0.605 bits per heavy atom. The summed E-state index contributed by atoms with van der Waals surface area (Å²) in [5, 5.41) is 22.4. The molecule has 0 aromatic carbocycles. The fourth-order valence-electron chi connectivity index (χ4n) is 8.26. The maximum absolute atomic E-state index is 11.2. The fourth-order valence-corrected chi connectivity index (χ4v) is 8.26. The lowest BCUT2D eigenvalue weighted by molar-refractivity contribution is -0.0851. The fraction of sp³-hybridized carbons (Fsp3) is 1.00. The summed E-state index contributed by atoms with van der Waals surface area (Å²) in [5.74, 6) is 3.23. The highest BCUT2D eigenvalue weighted by Crippen LogP contribution is 2.51. The van der Waals surface area contributed by atoms with Gasteiger partial charge in [0, 0.05) is 0 Å². The molecule has 2 fully saturated rings. The van der Waals surface area contributed by atoms with Crippen molar-refractivity contribution in [1.29, 1.82) is 0 Å². The van der Waals surface area contributed by atoms with Gasteiger partial charge in [0.15, 0.2) is 0 Å². The minimum Gasteiger partial charge on any atom is -0.393 e. The SMILES string of the molecule is CC(C)(C)C1CC(CCCCCCCCC2CC(C(C)(C)C)C(O)C(C(C)(C)C)C2)CC(C(C)(C)C)C1O. The van der Waals surface area contributed by atoms with E-state index in [1.165, 1.54) is 77.0 Å². The number of aliphatic hydroxyl groups excluding tert-OH is 2. The molecule has 226 valence electrons. The summed E-state index contributed by atoms with van der Waals surface area (Å²) in [5.41, 5.74) is 0.714. The third-order valence-corrected chi connectivity index (χ3v) is 10.9. The van der Waals surface area contributed by atoms with Gasteiger partial charge in [-0.05, 0) is 82.9 Å². The Balaban J connectivity index is 1.73. The maximum Gasteiger partial charge on any atom is 0.0606 e. The first-order chi connectivity index (χ1) is 17.2. The Bertz CT molecular complexity index is 574. The number of hydrogen-bond acceptors (Lipinski definition) is 2. The molecular weight excluding hydrogens is 464 g/mol. The Hall–Kier alpha value is -0.0800. The molecule has 2 aliphatic carbocycles. The van der Waals surface area contributed by atoms with Gasteiger partial charge in [0.25, 0.3) is 0 Å². The van der Waals surface area contributed by atoms with Crippen LogP contribution in [0.5, 0.6) is 0 Å². The second-order valence-corrected chi connectivity index (χ2v) is 18.2. The molecular formula is C36H70O2. The molecule has 2 N–H and O–H groups in total. The van der Waals surface area contributed by atoms with E-state index in [0.717, 1.165) is 11.8 Å². The highest BCUT2D eigenvalue weighted by Gasteiger charge is 2.47. The molecule has 0 radical (unpaired) electrons. The van der Waals surface area contributed by atoms with Crippen LogP contribution in [0.3, 0.4) is 0 Å². The molecule has 2 rings (SSSR count). The van der Waals surface area contributed by atoms with Gasteiger partial charge in [-0.15, -0.1) is 0 Å². The zero-order valence-electron chi connectivity index (χ0n) is 28.0. The first kappa shape index (κ1) is 34.1. The third-order valence-electron chi connectivity index (χ3n) is 10.9. The van der Waals surface area contributed by atoms with Crippen LogP contribution in [-0.2, 0) is 0 Å². The lowest BCUT2D eigenvalue weighted by Gasteiger charge is -2.49. The molecule has 0 bridgehead atoms. The van der Waals surface area contributed by atoms with Gasteiger partial charge >= 0.3 is 0 Å². The van der Waals surface area contributed by atoms with Crippen LogP contribution in [0.1, 0.15) is 160 Å². The summed E-state index contributed by atoms with van der Waals surface area (Å²) in [4.78, 5) is 0. The van der Waals surface area contributed by atoms with E-state index in [1.807, 2.05) is 0 Å². The van der Waals surface area contributed by atoms with E-state index in [1.54, 1.807) is 0 Å².